The summed E-state index contributed by atoms with van der Waals surface area (Å²) in [5, 5.41) is 2.11. The van der Waals surface area contributed by atoms with Gasteiger partial charge < -0.3 is 14.2 Å². The number of alkyl carbamates (subject to hydrolysis) is 1. The Kier molecular flexibility index (Phi) is 7.88. The van der Waals surface area contributed by atoms with Crippen molar-refractivity contribution in [2.75, 3.05) is 13.2 Å². The molecule has 1 atom stereocenters. The number of carbonyl (C=O) groups is 2. The van der Waals surface area contributed by atoms with E-state index in [2.05, 4.69) is 18.3 Å². The zero-order chi connectivity index (χ0) is 24.8. The number of halogens is 2. The van der Waals surface area contributed by atoms with Gasteiger partial charge in [-0.15, -0.1) is 0 Å². The smallest absolute Gasteiger partial charge is 0.415 e. The minimum absolute atomic E-state index is 0.0407. The quantitative estimate of drug-likeness (QED) is 0.411. The molecule has 0 radical (unpaired) electrons. The van der Waals surface area contributed by atoms with Crippen LogP contribution in [0.15, 0.2) is 42.5 Å². The standard InChI is InChI=1S/C27H31F2NO5/c1-2-5-20-16-19(18-10-12-27(28,29)13-11-18)8-9-23(20)34-15-4-14-33-22-7-3-6-21(17-22)24-25(31)30-26(32)35-24/h3,6-9,16-18,24H,2,4-5,10-15H2,1H3,(H,30,31,32)/t24-/m0/s1. The number of ether oxygens (including phenoxy) is 3. The number of alkyl halides is 2. The molecule has 1 aliphatic carbocycles. The Morgan fingerprint density at radius 3 is 2.51 bits per heavy atom. The summed E-state index contributed by atoms with van der Waals surface area (Å²) in [6.07, 6.45) is 1.73. The van der Waals surface area contributed by atoms with Crippen LogP contribution in [-0.2, 0) is 16.0 Å². The third kappa shape index (κ3) is 6.50. The highest BCUT2D eigenvalue weighted by Crippen LogP contribution is 2.41. The second-order valence-electron chi connectivity index (χ2n) is 9.14. The largest absolute Gasteiger partial charge is 0.493 e. The van der Waals surface area contributed by atoms with Gasteiger partial charge in [-0.25, -0.2) is 13.6 Å². The average Bonchev–Trinajstić information content (AvgIpc) is 3.18. The summed E-state index contributed by atoms with van der Waals surface area (Å²) in [6, 6.07) is 13.0. The molecule has 1 N–H and O–H groups in total. The number of hydrogen-bond acceptors (Lipinski definition) is 5. The summed E-state index contributed by atoms with van der Waals surface area (Å²) in [7, 11) is 0. The van der Waals surface area contributed by atoms with Gasteiger partial charge in [0.15, 0.2) is 0 Å². The molecule has 2 aromatic carbocycles. The van der Waals surface area contributed by atoms with E-state index in [-0.39, 0.29) is 18.8 Å². The van der Waals surface area contributed by atoms with Crippen LogP contribution in [0.4, 0.5) is 13.6 Å². The number of rotatable bonds is 10. The van der Waals surface area contributed by atoms with Crippen LogP contribution in [0.2, 0.25) is 0 Å². The molecule has 0 spiro atoms. The Morgan fingerprint density at radius 2 is 1.80 bits per heavy atom. The number of imide groups is 1. The van der Waals surface area contributed by atoms with Gasteiger partial charge in [-0.05, 0) is 54.5 Å². The lowest BCUT2D eigenvalue weighted by atomic mass is 9.81. The van der Waals surface area contributed by atoms with Gasteiger partial charge in [-0.2, -0.15) is 0 Å². The van der Waals surface area contributed by atoms with Gasteiger partial charge in [0.05, 0.1) is 13.2 Å². The third-order valence-electron chi connectivity index (χ3n) is 6.46. The predicted molar refractivity (Wildman–Crippen MR) is 126 cm³/mol. The lowest BCUT2D eigenvalue weighted by molar-refractivity contribution is -0.123. The molecule has 6 nitrogen and oxygen atoms in total. The molecule has 1 saturated carbocycles. The highest BCUT2D eigenvalue weighted by atomic mass is 19.3. The molecule has 2 aromatic rings. The van der Waals surface area contributed by atoms with Gasteiger partial charge in [-0.1, -0.05) is 37.6 Å². The summed E-state index contributed by atoms with van der Waals surface area (Å²) in [5.41, 5.74) is 2.79. The molecule has 1 saturated heterocycles. The van der Waals surface area contributed by atoms with Crippen molar-refractivity contribution < 1.29 is 32.6 Å². The molecule has 8 heteroatoms. The zero-order valence-electron chi connectivity index (χ0n) is 19.9. The van der Waals surface area contributed by atoms with E-state index in [0.29, 0.717) is 43.8 Å². The van der Waals surface area contributed by atoms with E-state index in [1.165, 1.54) is 0 Å². The van der Waals surface area contributed by atoms with Crippen molar-refractivity contribution in [3.63, 3.8) is 0 Å². The maximum Gasteiger partial charge on any atom is 0.415 e. The molecule has 2 fully saturated rings. The molecule has 35 heavy (non-hydrogen) atoms. The molecule has 0 unspecified atom stereocenters. The number of hydrogen-bond donors (Lipinski definition) is 1. The number of nitrogens with one attached hydrogen (secondary N) is 1. The first-order valence-electron chi connectivity index (χ1n) is 12.2. The molecule has 0 bridgehead atoms. The summed E-state index contributed by atoms with van der Waals surface area (Å²) in [6.45, 7) is 2.99. The normalized spacial score (nSPS) is 19.8. The first-order chi connectivity index (χ1) is 16.8. The van der Waals surface area contributed by atoms with Crippen molar-refractivity contribution in [3.8, 4) is 11.5 Å². The van der Waals surface area contributed by atoms with Crippen LogP contribution in [-0.4, -0.2) is 31.1 Å². The Morgan fingerprint density at radius 1 is 1.03 bits per heavy atom. The fourth-order valence-corrected chi connectivity index (χ4v) is 4.61. The highest BCUT2D eigenvalue weighted by molar-refractivity contribution is 6.00. The number of benzene rings is 2. The molecule has 0 aromatic heterocycles. The van der Waals surface area contributed by atoms with Gasteiger partial charge in [0.25, 0.3) is 5.91 Å². The first-order valence-corrected chi connectivity index (χ1v) is 12.2. The van der Waals surface area contributed by atoms with E-state index < -0.39 is 24.0 Å². The molecule has 1 aliphatic heterocycles. The molecule has 1 heterocycles. The maximum absolute atomic E-state index is 13.5. The van der Waals surface area contributed by atoms with Crippen LogP contribution >= 0.6 is 0 Å². The molecule has 2 amide bonds. The third-order valence-corrected chi connectivity index (χ3v) is 6.46. The van der Waals surface area contributed by atoms with Gasteiger partial charge >= 0.3 is 6.09 Å². The Hall–Kier alpha value is -3.16. The van der Waals surface area contributed by atoms with Crippen molar-refractivity contribution in [1.82, 2.24) is 5.32 Å². The van der Waals surface area contributed by atoms with Crippen LogP contribution in [0.3, 0.4) is 0 Å². The van der Waals surface area contributed by atoms with Crippen molar-refractivity contribution in [2.45, 2.75) is 69.8 Å². The van der Waals surface area contributed by atoms with Crippen LogP contribution in [0, 0.1) is 0 Å². The van der Waals surface area contributed by atoms with Gasteiger partial charge in [-0.3, -0.25) is 10.1 Å². The second kappa shape index (κ2) is 11.1. The SMILES string of the molecule is CCCc1cc(C2CCC(F)(F)CC2)ccc1OCCCOc1cccc([C@@H]2OC(=O)NC2=O)c1. The van der Waals surface area contributed by atoms with Gasteiger partial charge in [0, 0.05) is 24.8 Å². The Bertz CT molecular complexity index is 1050. The average molecular weight is 488 g/mol. The van der Waals surface area contributed by atoms with Crippen LogP contribution in [0.25, 0.3) is 0 Å². The van der Waals surface area contributed by atoms with Crippen molar-refractivity contribution in [2.24, 2.45) is 0 Å². The fourth-order valence-electron chi connectivity index (χ4n) is 4.61. The van der Waals surface area contributed by atoms with Crippen LogP contribution in [0.1, 0.15) is 74.2 Å². The minimum Gasteiger partial charge on any atom is -0.493 e. The van der Waals surface area contributed by atoms with Crippen molar-refractivity contribution in [1.29, 1.82) is 0 Å². The van der Waals surface area contributed by atoms with Crippen molar-refractivity contribution in [3.05, 3.63) is 59.2 Å². The van der Waals surface area contributed by atoms with Gasteiger partial charge in [0.2, 0.25) is 12.0 Å². The summed E-state index contributed by atoms with van der Waals surface area (Å²) < 4.78 is 43.8. The summed E-state index contributed by atoms with van der Waals surface area (Å²) in [5.74, 6) is -1.43. The van der Waals surface area contributed by atoms with Crippen LogP contribution < -0.4 is 14.8 Å². The summed E-state index contributed by atoms with van der Waals surface area (Å²) in [4.78, 5) is 23.0. The van der Waals surface area contributed by atoms with E-state index in [0.717, 1.165) is 29.7 Å². The number of cyclic esters (lactones) is 1. The fraction of sp³-hybridized carbons (Fsp3) is 0.481. The van der Waals surface area contributed by atoms with E-state index in [9.17, 15) is 18.4 Å². The first kappa shape index (κ1) is 24.9. The maximum atomic E-state index is 13.5. The highest BCUT2D eigenvalue weighted by Gasteiger charge is 2.35. The molecule has 2 aliphatic rings. The number of carbonyl (C=O) groups excluding carboxylic acids is 2. The monoisotopic (exact) mass is 487 g/mol. The predicted octanol–water partition coefficient (Wildman–Crippen LogP) is 6.09. The Balaban J connectivity index is 1.27. The molecular weight excluding hydrogens is 456 g/mol. The summed E-state index contributed by atoms with van der Waals surface area (Å²) >= 11 is 0. The van der Waals surface area contributed by atoms with Crippen LogP contribution in [0.5, 0.6) is 11.5 Å². The lowest BCUT2D eigenvalue weighted by Gasteiger charge is -2.29. The molecule has 4 rings (SSSR count). The van der Waals surface area contributed by atoms with Gasteiger partial charge in [0.1, 0.15) is 11.5 Å². The topological polar surface area (TPSA) is 73.9 Å². The van der Waals surface area contributed by atoms with E-state index in [1.54, 1.807) is 24.3 Å². The number of aryl methyl sites for hydroxylation is 1. The lowest BCUT2D eigenvalue weighted by Crippen LogP contribution is -2.23. The van der Waals surface area contributed by atoms with E-state index in [1.807, 2.05) is 12.1 Å². The van der Waals surface area contributed by atoms with Crippen molar-refractivity contribution >= 4 is 12.0 Å². The molecule has 188 valence electrons. The molecular formula is C27H31F2NO5. The second-order valence-corrected chi connectivity index (χ2v) is 9.14. The minimum atomic E-state index is -2.52. The van der Waals surface area contributed by atoms with E-state index in [4.69, 9.17) is 14.2 Å². The Labute approximate surface area is 203 Å². The zero-order valence-corrected chi connectivity index (χ0v) is 19.9. The van der Waals surface area contributed by atoms with E-state index >= 15 is 0 Å². The number of amides is 2.